The van der Waals surface area contributed by atoms with Crippen LogP contribution in [0.15, 0.2) is 29.7 Å². The second kappa shape index (κ2) is 4.86. The topological polar surface area (TPSA) is 55.4 Å². The number of methoxy groups -OCH3 is 1. The predicted octanol–water partition coefficient (Wildman–Crippen LogP) is 2.31. The highest BCUT2D eigenvalue weighted by atomic mass is 32.2. The minimum Gasteiger partial charge on any atom is -0.465 e. The van der Waals surface area contributed by atoms with Gasteiger partial charge in [0.2, 0.25) is 5.91 Å². The van der Waals surface area contributed by atoms with Crippen molar-refractivity contribution in [2.75, 3.05) is 12.4 Å². The molecule has 1 heterocycles. The van der Waals surface area contributed by atoms with Crippen molar-refractivity contribution in [1.29, 1.82) is 0 Å². The van der Waals surface area contributed by atoms with E-state index in [4.69, 9.17) is 0 Å². The van der Waals surface area contributed by atoms with Gasteiger partial charge in [-0.15, -0.1) is 11.8 Å². The standard InChI is InChI=1S/C13H13NO3S/c1-7(13(16)17-3)9-4-5-11-10(6-9)14-12(15)8(2)18-11/h4-6,8H,1H2,2-3H3,(H,14,15). The highest BCUT2D eigenvalue weighted by Gasteiger charge is 2.23. The lowest BCUT2D eigenvalue weighted by Crippen LogP contribution is -2.26. The SMILES string of the molecule is C=C(C(=O)OC)c1ccc2c(c1)NC(=O)C(C)S2. The summed E-state index contributed by atoms with van der Waals surface area (Å²) in [6.07, 6.45) is 0. The Hall–Kier alpha value is -1.75. The van der Waals surface area contributed by atoms with Crippen molar-refractivity contribution < 1.29 is 14.3 Å². The number of benzene rings is 1. The first-order chi connectivity index (χ1) is 8.52. The number of fused-ring (bicyclic) bond motifs is 1. The molecule has 0 radical (unpaired) electrons. The van der Waals surface area contributed by atoms with Crippen LogP contribution >= 0.6 is 11.8 Å². The predicted molar refractivity (Wildman–Crippen MR) is 71.4 cm³/mol. The van der Waals surface area contributed by atoms with Crippen LogP contribution < -0.4 is 5.32 Å². The third-order valence-corrected chi connectivity index (χ3v) is 3.87. The maximum atomic E-state index is 11.6. The van der Waals surface area contributed by atoms with Gasteiger partial charge in [-0.2, -0.15) is 0 Å². The summed E-state index contributed by atoms with van der Waals surface area (Å²) in [6, 6.07) is 5.42. The van der Waals surface area contributed by atoms with Gasteiger partial charge in [0.05, 0.1) is 23.6 Å². The van der Waals surface area contributed by atoms with Gasteiger partial charge in [-0.05, 0) is 24.6 Å². The van der Waals surface area contributed by atoms with Crippen molar-refractivity contribution in [3.63, 3.8) is 0 Å². The Balaban J connectivity index is 2.33. The van der Waals surface area contributed by atoms with E-state index in [1.807, 2.05) is 13.0 Å². The van der Waals surface area contributed by atoms with Gasteiger partial charge in [0.1, 0.15) is 0 Å². The summed E-state index contributed by atoms with van der Waals surface area (Å²) >= 11 is 1.50. The zero-order chi connectivity index (χ0) is 13.3. The Bertz CT molecular complexity index is 539. The lowest BCUT2D eigenvalue weighted by Gasteiger charge is -2.22. The molecule has 1 aromatic rings. The van der Waals surface area contributed by atoms with Crippen LogP contribution in [0.4, 0.5) is 5.69 Å². The number of ether oxygens (including phenoxy) is 1. The number of carbonyl (C=O) groups is 2. The molecule has 1 atom stereocenters. The lowest BCUT2D eigenvalue weighted by molar-refractivity contribution is -0.133. The third-order valence-electron chi connectivity index (χ3n) is 2.69. The van der Waals surface area contributed by atoms with Crippen molar-refractivity contribution in [2.45, 2.75) is 17.1 Å². The molecule has 0 fully saturated rings. The molecule has 0 saturated heterocycles. The van der Waals surface area contributed by atoms with E-state index in [0.29, 0.717) is 11.3 Å². The highest BCUT2D eigenvalue weighted by molar-refractivity contribution is 8.00. The summed E-state index contributed by atoms with van der Waals surface area (Å²) < 4.78 is 4.62. The first kappa shape index (κ1) is 12.7. The molecule has 4 nitrogen and oxygen atoms in total. The fraction of sp³-hybridized carbons (Fsp3) is 0.231. The van der Waals surface area contributed by atoms with Gasteiger partial charge < -0.3 is 10.1 Å². The van der Waals surface area contributed by atoms with Gasteiger partial charge in [0.25, 0.3) is 0 Å². The number of thioether (sulfide) groups is 1. The molecule has 0 spiro atoms. The van der Waals surface area contributed by atoms with E-state index < -0.39 is 5.97 Å². The first-order valence-electron chi connectivity index (χ1n) is 5.42. The van der Waals surface area contributed by atoms with Crippen molar-refractivity contribution in [3.05, 3.63) is 30.3 Å². The van der Waals surface area contributed by atoms with Crippen LogP contribution in [-0.2, 0) is 14.3 Å². The Morgan fingerprint density at radius 3 is 2.89 bits per heavy atom. The number of hydrogen-bond acceptors (Lipinski definition) is 4. The molecular weight excluding hydrogens is 250 g/mol. The summed E-state index contributed by atoms with van der Waals surface area (Å²) in [5, 5.41) is 2.70. The average Bonchev–Trinajstić information content (AvgIpc) is 2.37. The van der Waals surface area contributed by atoms with Crippen molar-refractivity contribution >= 4 is 34.9 Å². The number of rotatable bonds is 2. The monoisotopic (exact) mass is 263 g/mol. The number of anilines is 1. The van der Waals surface area contributed by atoms with Crippen molar-refractivity contribution in [2.24, 2.45) is 0 Å². The Labute approximate surface area is 109 Å². The zero-order valence-corrected chi connectivity index (χ0v) is 11.0. The van der Waals surface area contributed by atoms with Gasteiger partial charge >= 0.3 is 5.97 Å². The summed E-state index contributed by atoms with van der Waals surface area (Å²) in [6.45, 7) is 5.54. The summed E-state index contributed by atoms with van der Waals surface area (Å²) in [7, 11) is 1.31. The van der Waals surface area contributed by atoms with Crippen LogP contribution in [0.1, 0.15) is 12.5 Å². The molecule has 1 aliphatic heterocycles. The largest absolute Gasteiger partial charge is 0.465 e. The van der Waals surface area contributed by atoms with Crippen LogP contribution in [0.2, 0.25) is 0 Å². The fourth-order valence-corrected chi connectivity index (χ4v) is 2.57. The Kier molecular flexibility index (Phi) is 3.43. The van der Waals surface area contributed by atoms with Crippen LogP contribution in [0.25, 0.3) is 5.57 Å². The van der Waals surface area contributed by atoms with Gasteiger partial charge in [-0.25, -0.2) is 4.79 Å². The smallest absolute Gasteiger partial charge is 0.337 e. The normalized spacial score (nSPS) is 17.7. The second-order valence-corrected chi connectivity index (χ2v) is 5.31. The fourth-order valence-electron chi connectivity index (χ4n) is 1.64. The van der Waals surface area contributed by atoms with E-state index in [1.54, 1.807) is 12.1 Å². The Morgan fingerprint density at radius 2 is 2.22 bits per heavy atom. The molecule has 1 amide bonds. The van der Waals surface area contributed by atoms with Gasteiger partial charge in [0.15, 0.2) is 0 Å². The minimum atomic E-state index is -0.474. The number of carbonyl (C=O) groups excluding carboxylic acids is 2. The molecule has 0 bridgehead atoms. The van der Waals surface area contributed by atoms with Crippen molar-refractivity contribution in [3.8, 4) is 0 Å². The van der Waals surface area contributed by atoms with Crippen LogP contribution in [0.3, 0.4) is 0 Å². The van der Waals surface area contributed by atoms with Crippen molar-refractivity contribution in [1.82, 2.24) is 0 Å². The second-order valence-electron chi connectivity index (χ2n) is 3.93. The van der Waals surface area contributed by atoms with E-state index in [1.165, 1.54) is 18.9 Å². The minimum absolute atomic E-state index is 0.0340. The maximum absolute atomic E-state index is 11.6. The van der Waals surface area contributed by atoms with Gasteiger partial charge in [0, 0.05) is 4.90 Å². The van der Waals surface area contributed by atoms with E-state index in [2.05, 4.69) is 16.6 Å². The summed E-state index contributed by atoms with van der Waals surface area (Å²) in [5.74, 6) is -0.508. The number of hydrogen-bond donors (Lipinski definition) is 1. The molecule has 18 heavy (non-hydrogen) atoms. The van der Waals surface area contributed by atoms with E-state index in [9.17, 15) is 9.59 Å². The van der Waals surface area contributed by atoms with Crippen LogP contribution in [0, 0.1) is 0 Å². The average molecular weight is 263 g/mol. The summed E-state index contributed by atoms with van der Waals surface area (Å²) in [4.78, 5) is 24.0. The molecule has 2 rings (SSSR count). The number of nitrogens with one attached hydrogen (secondary N) is 1. The maximum Gasteiger partial charge on any atom is 0.337 e. The van der Waals surface area contributed by atoms with Crippen LogP contribution in [-0.4, -0.2) is 24.2 Å². The molecule has 1 N–H and O–H groups in total. The molecule has 0 aromatic heterocycles. The molecule has 0 saturated carbocycles. The molecule has 1 aromatic carbocycles. The molecule has 0 aliphatic carbocycles. The highest BCUT2D eigenvalue weighted by Crippen LogP contribution is 2.36. The van der Waals surface area contributed by atoms with E-state index in [0.717, 1.165) is 4.90 Å². The lowest BCUT2D eigenvalue weighted by atomic mass is 10.1. The number of amides is 1. The molecule has 1 unspecified atom stereocenters. The first-order valence-corrected chi connectivity index (χ1v) is 6.30. The molecular formula is C13H13NO3S. The van der Waals surface area contributed by atoms with E-state index >= 15 is 0 Å². The Morgan fingerprint density at radius 1 is 1.50 bits per heavy atom. The third kappa shape index (κ3) is 2.26. The van der Waals surface area contributed by atoms with Gasteiger partial charge in [-0.1, -0.05) is 12.6 Å². The summed E-state index contributed by atoms with van der Waals surface area (Å²) in [5.41, 5.74) is 1.64. The molecule has 94 valence electrons. The van der Waals surface area contributed by atoms with E-state index in [-0.39, 0.29) is 16.7 Å². The quantitative estimate of drug-likeness (QED) is 0.657. The van der Waals surface area contributed by atoms with Gasteiger partial charge in [-0.3, -0.25) is 4.79 Å². The van der Waals surface area contributed by atoms with Crippen LogP contribution in [0.5, 0.6) is 0 Å². The zero-order valence-electron chi connectivity index (χ0n) is 10.1. The molecule has 5 heteroatoms. The molecule has 1 aliphatic rings. The number of esters is 1.